The van der Waals surface area contributed by atoms with Crippen LogP contribution in [0.4, 0.5) is 10.1 Å². The number of carbonyl (C=O) groups is 2. The Morgan fingerprint density at radius 1 is 1.20 bits per heavy atom. The number of fused-ring (bicyclic) bond motifs is 1. The fraction of sp³-hybridized carbons (Fsp3) is 0.207. The molecule has 0 saturated heterocycles. The Balaban J connectivity index is 0.00000124. The zero-order valence-electron chi connectivity index (χ0n) is 22.5. The zero-order valence-corrected chi connectivity index (χ0v) is 22.5. The SMILES string of the molecule is Cc1cc(-c2nc(C(=O)Nc3cn4cc(CCC(C)(C)O)nc4cc3-c3c(O)cccc3F)co2)ccn1.O=CO. The number of nitrogens with zero attached hydrogens (tertiary/aromatic N) is 4. The van der Waals surface area contributed by atoms with Crippen molar-refractivity contribution in [2.75, 3.05) is 5.32 Å². The summed E-state index contributed by atoms with van der Waals surface area (Å²) in [7, 11) is 0. The summed E-state index contributed by atoms with van der Waals surface area (Å²) in [5, 5.41) is 30.2. The third-order valence-electron chi connectivity index (χ3n) is 6.03. The van der Waals surface area contributed by atoms with E-state index < -0.39 is 17.3 Å². The number of hydrogen-bond donors (Lipinski definition) is 4. The van der Waals surface area contributed by atoms with Crippen LogP contribution in [-0.2, 0) is 11.2 Å². The monoisotopic (exact) mass is 561 g/mol. The van der Waals surface area contributed by atoms with Gasteiger partial charge < -0.3 is 29.5 Å². The fourth-order valence-electron chi connectivity index (χ4n) is 4.10. The number of phenolic OH excluding ortho intramolecular Hbond substituents is 1. The predicted molar refractivity (Wildman–Crippen MR) is 148 cm³/mol. The molecule has 0 spiro atoms. The van der Waals surface area contributed by atoms with Crippen molar-refractivity contribution in [2.24, 2.45) is 0 Å². The fourth-order valence-corrected chi connectivity index (χ4v) is 4.10. The molecular weight excluding hydrogens is 533 g/mol. The molecule has 0 atom stereocenters. The van der Waals surface area contributed by atoms with Gasteiger partial charge in [-0.15, -0.1) is 0 Å². The maximum atomic E-state index is 14.9. The van der Waals surface area contributed by atoms with Crippen molar-refractivity contribution in [1.82, 2.24) is 19.4 Å². The molecule has 0 aliphatic rings. The number of oxazole rings is 1. The van der Waals surface area contributed by atoms with Crippen LogP contribution in [-0.4, -0.2) is 52.7 Å². The Morgan fingerprint density at radius 2 is 1.95 bits per heavy atom. The quantitative estimate of drug-likeness (QED) is 0.203. The van der Waals surface area contributed by atoms with Gasteiger partial charge >= 0.3 is 0 Å². The van der Waals surface area contributed by atoms with Gasteiger partial charge in [-0.2, -0.15) is 0 Å². The summed E-state index contributed by atoms with van der Waals surface area (Å²) in [5.41, 5.74) is 2.23. The minimum atomic E-state index is -0.857. The smallest absolute Gasteiger partial charge is 0.290 e. The minimum absolute atomic E-state index is 0.0229. The van der Waals surface area contributed by atoms with Crippen LogP contribution < -0.4 is 5.32 Å². The van der Waals surface area contributed by atoms with Crippen LogP contribution in [0.15, 0.2) is 65.7 Å². The molecule has 11 nitrogen and oxygen atoms in total. The summed E-state index contributed by atoms with van der Waals surface area (Å²) in [6.45, 7) is 5.03. The van der Waals surface area contributed by atoms with Crippen molar-refractivity contribution in [3.63, 3.8) is 0 Å². The Kier molecular flexibility index (Phi) is 8.43. The first-order chi connectivity index (χ1) is 19.5. The number of aromatic nitrogens is 4. The number of anilines is 1. The van der Waals surface area contributed by atoms with Crippen LogP contribution in [0, 0.1) is 12.7 Å². The van der Waals surface area contributed by atoms with Crippen molar-refractivity contribution in [1.29, 1.82) is 0 Å². The highest BCUT2D eigenvalue weighted by molar-refractivity contribution is 6.05. The third-order valence-corrected chi connectivity index (χ3v) is 6.03. The molecule has 4 heterocycles. The Morgan fingerprint density at radius 3 is 2.63 bits per heavy atom. The second kappa shape index (κ2) is 12.0. The van der Waals surface area contributed by atoms with Crippen LogP contribution in [0.1, 0.15) is 42.1 Å². The van der Waals surface area contributed by atoms with Crippen molar-refractivity contribution in [3.05, 3.63) is 84.2 Å². The summed E-state index contributed by atoms with van der Waals surface area (Å²) < 4.78 is 22.1. The van der Waals surface area contributed by atoms with Gasteiger partial charge in [0.2, 0.25) is 5.89 Å². The van der Waals surface area contributed by atoms with Gasteiger partial charge in [-0.3, -0.25) is 14.6 Å². The molecule has 0 unspecified atom stereocenters. The lowest BCUT2D eigenvalue weighted by atomic mass is 10.0. The van der Waals surface area contributed by atoms with E-state index in [2.05, 4.69) is 20.3 Å². The summed E-state index contributed by atoms with van der Waals surface area (Å²) in [6.07, 6.45) is 7.25. The molecule has 41 heavy (non-hydrogen) atoms. The van der Waals surface area contributed by atoms with Gasteiger partial charge in [0.25, 0.3) is 12.4 Å². The van der Waals surface area contributed by atoms with Gasteiger partial charge in [0.1, 0.15) is 23.5 Å². The number of rotatable bonds is 7. The van der Waals surface area contributed by atoms with Crippen LogP contribution in [0.5, 0.6) is 5.75 Å². The molecular formula is C29H28FN5O6. The highest BCUT2D eigenvalue weighted by Gasteiger charge is 2.21. The molecule has 5 aromatic rings. The summed E-state index contributed by atoms with van der Waals surface area (Å²) in [5.74, 6) is -1.26. The van der Waals surface area contributed by atoms with E-state index in [9.17, 15) is 19.4 Å². The van der Waals surface area contributed by atoms with E-state index in [1.54, 1.807) is 55.0 Å². The number of halogens is 1. The second-order valence-corrected chi connectivity index (χ2v) is 9.83. The molecule has 0 saturated carbocycles. The Labute approximate surface area is 234 Å². The first-order valence-corrected chi connectivity index (χ1v) is 12.5. The van der Waals surface area contributed by atoms with Crippen molar-refractivity contribution in [3.8, 4) is 28.3 Å². The molecule has 1 aromatic carbocycles. The lowest BCUT2D eigenvalue weighted by Crippen LogP contribution is -2.19. The highest BCUT2D eigenvalue weighted by atomic mass is 19.1. The van der Waals surface area contributed by atoms with Gasteiger partial charge in [0.15, 0.2) is 5.69 Å². The summed E-state index contributed by atoms with van der Waals surface area (Å²) >= 11 is 0. The van der Waals surface area contributed by atoms with Crippen LogP contribution >= 0.6 is 0 Å². The number of carboxylic acid groups (broad SMARTS) is 1. The molecule has 1 amide bonds. The number of benzene rings is 1. The van der Waals surface area contributed by atoms with Crippen molar-refractivity contribution in [2.45, 2.75) is 39.2 Å². The molecule has 0 radical (unpaired) electrons. The Bertz CT molecular complexity index is 1690. The first-order valence-electron chi connectivity index (χ1n) is 12.5. The van der Waals surface area contributed by atoms with Gasteiger partial charge in [-0.05, 0) is 63.9 Å². The molecule has 5 rings (SSSR count). The number of imidazole rings is 1. The van der Waals surface area contributed by atoms with Crippen LogP contribution in [0.25, 0.3) is 28.2 Å². The van der Waals surface area contributed by atoms with Crippen molar-refractivity contribution >= 4 is 23.7 Å². The minimum Gasteiger partial charge on any atom is -0.507 e. The molecule has 0 bridgehead atoms. The normalized spacial score (nSPS) is 11.1. The number of aromatic hydroxyl groups is 1. The molecule has 0 aliphatic heterocycles. The molecule has 4 N–H and O–H groups in total. The van der Waals surface area contributed by atoms with Gasteiger partial charge in [-0.25, -0.2) is 14.4 Å². The number of pyridine rings is 2. The molecule has 0 fully saturated rings. The summed E-state index contributed by atoms with van der Waals surface area (Å²) in [6, 6.07) is 9.10. The number of hydrogen-bond acceptors (Lipinski definition) is 8. The maximum Gasteiger partial charge on any atom is 0.290 e. The predicted octanol–water partition coefficient (Wildman–Crippen LogP) is 4.86. The van der Waals surface area contributed by atoms with Crippen LogP contribution in [0.3, 0.4) is 0 Å². The Hall–Kier alpha value is -5.10. The molecule has 4 aromatic heterocycles. The average Bonchev–Trinajstić information content (AvgIpc) is 3.55. The average molecular weight is 562 g/mol. The highest BCUT2D eigenvalue weighted by Crippen LogP contribution is 2.37. The maximum absolute atomic E-state index is 14.9. The number of aliphatic hydroxyl groups is 1. The number of phenols is 1. The first kappa shape index (κ1) is 28.9. The lowest BCUT2D eigenvalue weighted by Gasteiger charge is -2.15. The van der Waals surface area contributed by atoms with Crippen molar-refractivity contribution < 1.29 is 33.7 Å². The largest absolute Gasteiger partial charge is 0.507 e. The van der Waals surface area contributed by atoms with E-state index in [0.717, 1.165) is 5.69 Å². The van der Waals surface area contributed by atoms with Crippen LogP contribution in [0.2, 0.25) is 0 Å². The number of carbonyl (C=O) groups excluding carboxylic acids is 1. The molecule has 212 valence electrons. The summed E-state index contributed by atoms with van der Waals surface area (Å²) in [4.78, 5) is 34.6. The van der Waals surface area contributed by atoms with E-state index in [1.165, 1.54) is 24.5 Å². The van der Waals surface area contributed by atoms with E-state index in [4.69, 9.17) is 14.3 Å². The second-order valence-electron chi connectivity index (χ2n) is 9.83. The van der Waals surface area contributed by atoms with E-state index in [-0.39, 0.29) is 40.6 Å². The van der Waals surface area contributed by atoms with Gasteiger partial charge in [-0.1, -0.05) is 6.07 Å². The van der Waals surface area contributed by atoms with E-state index >= 15 is 0 Å². The standard InChI is InChI=1S/C28H26FN5O4.CH2O2/c1-16-11-17(8-10-30-16)27-33-22(15-38-27)26(36)32-21-14-34-13-18(7-9-28(2,3)37)31-24(34)12-19(21)25-20(29)5-4-6-23(25)35;2-1-3/h4-6,8,10-15,35,37H,7,9H2,1-3H3,(H,32,36);1H,(H,2,3). The zero-order chi connectivity index (χ0) is 29.7. The molecule has 12 heteroatoms. The number of aryl methyl sites for hydroxylation is 2. The third kappa shape index (κ3) is 6.92. The van der Waals surface area contributed by atoms with Gasteiger partial charge in [0, 0.05) is 35.4 Å². The number of nitrogens with one attached hydrogen (secondary N) is 1. The van der Waals surface area contributed by atoms with E-state index in [0.29, 0.717) is 29.7 Å². The topological polar surface area (TPSA) is 163 Å². The number of amides is 1. The molecule has 0 aliphatic carbocycles. The lowest BCUT2D eigenvalue weighted by molar-refractivity contribution is -0.122. The van der Waals surface area contributed by atoms with Gasteiger partial charge in [0.05, 0.1) is 22.5 Å². The van der Waals surface area contributed by atoms with E-state index in [1.807, 2.05) is 6.92 Å².